The van der Waals surface area contributed by atoms with E-state index in [2.05, 4.69) is 147 Å². The highest BCUT2D eigenvalue weighted by atomic mass is 15.1. The summed E-state index contributed by atoms with van der Waals surface area (Å²) < 4.78 is 7.29. The zero-order valence-electron chi connectivity index (χ0n) is 33.9. The highest BCUT2D eigenvalue weighted by Gasteiger charge is 2.32. The van der Waals surface area contributed by atoms with Gasteiger partial charge in [-0.3, -0.25) is 4.57 Å². The standard InChI is InChI=1S/C56H35N7/c57-26-46-30-10-3-1-8-28(30)36-18-40-32-12-5-14-34-42-20-44-45-21-43-35-15-6-13-33-41-19-37-29-9-2-4-11-31(29)47(27-58)39(37)23-49(41)62(55(33)35)51(43)25-53(45)63(56-59-16-7-17-60-56)52(44)24-50(42)61(54(32)34)48(40)22-38(36)46/h1-25,46-47H,26-27,57-58H2. The van der Waals surface area contributed by atoms with Gasteiger partial charge in [-0.2, -0.15) is 0 Å². The van der Waals surface area contributed by atoms with E-state index in [1.165, 1.54) is 131 Å². The lowest BCUT2D eigenvalue weighted by Gasteiger charge is -2.11. The molecule has 0 fully saturated rings. The molecular formula is C56H35N7. The van der Waals surface area contributed by atoms with E-state index in [0.717, 1.165) is 11.0 Å². The van der Waals surface area contributed by atoms with Crippen LogP contribution in [0.4, 0.5) is 0 Å². The molecule has 0 spiro atoms. The Hall–Kier alpha value is -7.84. The van der Waals surface area contributed by atoms with Gasteiger partial charge in [0, 0.05) is 91.2 Å². The van der Waals surface area contributed by atoms with Crippen LogP contribution in [0.1, 0.15) is 34.1 Å². The van der Waals surface area contributed by atoms with Gasteiger partial charge in [0.1, 0.15) is 0 Å². The average Bonchev–Trinajstić information content (AvgIpc) is 4.19. The monoisotopic (exact) mass is 805 g/mol. The molecule has 0 saturated heterocycles. The van der Waals surface area contributed by atoms with Crippen molar-refractivity contribution in [1.29, 1.82) is 0 Å². The largest absolute Gasteiger partial charge is 0.330 e. The molecule has 0 amide bonds. The molecule has 2 unspecified atom stereocenters. The molecule has 2 aliphatic rings. The number of benzene rings is 8. The van der Waals surface area contributed by atoms with E-state index in [1.807, 2.05) is 18.5 Å². The van der Waals surface area contributed by atoms with E-state index in [9.17, 15) is 0 Å². The molecule has 4 N–H and O–H groups in total. The van der Waals surface area contributed by atoms with Crippen molar-refractivity contribution in [3.8, 4) is 28.2 Å². The van der Waals surface area contributed by atoms with Crippen LogP contribution in [-0.2, 0) is 0 Å². The summed E-state index contributed by atoms with van der Waals surface area (Å²) in [6.07, 6.45) is 3.69. The van der Waals surface area contributed by atoms with Gasteiger partial charge in [-0.15, -0.1) is 0 Å². The number of hydrogen-bond acceptors (Lipinski definition) is 4. The first-order valence-corrected chi connectivity index (χ1v) is 21.9. The zero-order chi connectivity index (χ0) is 41.0. The van der Waals surface area contributed by atoms with Gasteiger partial charge >= 0.3 is 0 Å². The number of fused-ring (bicyclic) bond motifs is 21. The zero-order valence-corrected chi connectivity index (χ0v) is 33.9. The van der Waals surface area contributed by atoms with E-state index >= 15 is 0 Å². The number of aromatic nitrogens is 5. The molecular weight excluding hydrogens is 771 g/mol. The lowest BCUT2D eigenvalue weighted by atomic mass is 9.96. The molecule has 294 valence electrons. The smallest absolute Gasteiger partial charge is 0.234 e. The van der Waals surface area contributed by atoms with Gasteiger partial charge in [-0.05, 0) is 99.1 Å². The molecule has 16 rings (SSSR count). The van der Waals surface area contributed by atoms with Crippen LogP contribution < -0.4 is 11.5 Å². The third kappa shape index (κ3) is 3.75. The number of rotatable bonds is 3. The molecule has 7 nitrogen and oxygen atoms in total. The summed E-state index contributed by atoms with van der Waals surface area (Å²) in [6.45, 7) is 1.14. The van der Waals surface area contributed by atoms with Gasteiger partial charge in [0.05, 0.1) is 44.1 Å². The first-order chi connectivity index (χ1) is 31.2. The van der Waals surface area contributed by atoms with Crippen molar-refractivity contribution in [3.05, 3.63) is 174 Å². The van der Waals surface area contributed by atoms with Crippen LogP contribution in [-0.4, -0.2) is 36.4 Å². The molecule has 2 aliphatic carbocycles. The molecule has 6 heterocycles. The van der Waals surface area contributed by atoms with Crippen molar-refractivity contribution in [2.75, 3.05) is 13.1 Å². The van der Waals surface area contributed by atoms with Gasteiger partial charge in [0.2, 0.25) is 5.95 Å². The molecule has 0 bridgehead atoms. The second-order valence-electron chi connectivity index (χ2n) is 17.9. The van der Waals surface area contributed by atoms with Crippen LogP contribution in [0.3, 0.4) is 0 Å². The summed E-state index contributed by atoms with van der Waals surface area (Å²) >= 11 is 0. The summed E-state index contributed by atoms with van der Waals surface area (Å²) in [5.74, 6) is 0.977. The maximum atomic E-state index is 6.54. The Morgan fingerprint density at radius 3 is 1.24 bits per heavy atom. The molecule has 14 aromatic rings. The van der Waals surface area contributed by atoms with E-state index in [1.54, 1.807) is 0 Å². The molecule has 8 aromatic carbocycles. The Kier molecular flexibility index (Phi) is 5.82. The SMILES string of the molecule is NCC1c2ccccc2-c2cc3c4cccc5c6cc7c8cc9c%10cccc%11c%12cc%13c(cc%12n(c9cc8n(-c8ncccn8)c7cc6n(c3cc21)c45)c%11%10)C(CN)c1ccccc1-%13. The maximum Gasteiger partial charge on any atom is 0.234 e. The Labute approximate surface area is 358 Å². The second-order valence-corrected chi connectivity index (χ2v) is 17.9. The van der Waals surface area contributed by atoms with Gasteiger partial charge in [0.25, 0.3) is 0 Å². The van der Waals surface area contributed by atoms with Crippen molar-refractivity contribution in [2.24, 2.45) is 11.5 Å². The fraction of sp³-hybridized carbons (Fsp3) is 0.0714. The number of hydrogen-bond donors (Lipinski definition) is 2. The third-order valence-electron chi connectivity index (χ3n) is 15.2. The summed E-state index contributed by atoms with van der Waals surface area (Å²) in [4.78, 5) is 9.83. The van der Waals surface area contributed by atoms with Crippen molar-refractivity contribution >= 4 is 98.0 Å². The van der Waals surface area contributed by atoms with Gasteiger partial charge in [-0.25, -0.2) is 9.97 Å². The normalized spacial score (nSPS) is 15.9. The van der Waals surface area contributed by atoms with E-state index in [4.69, 9.17) is 21.4 Å². The molecule has 63 heavy (non-hydrogen) atoms. The van der Waals surface area contributed by atoms with Gasteiger partial charge in [0.15, 0.2) is 0 Å². The minimum absolute atomic E-state index is 0.164. The Morgan fingerprint density at radius 2 is 0.778 bits per heavy atom. The van der Waals surface area contributed by atoms with Crippen molar-refractivity contribution in [2.45, 2.75) is 11.8 Å². The van der Waals surface area contributed by atoms with Crippen molar-refractivity contribution in [1.82, 2.24) is 23.3 Å². The Bertz CT molecular complexity index is 4100. The van der Waals surface area contributed by atoms with Gasteiger partial charge in [-0.1, -0.05) is 84.9 Å². The van der Waals surface area contributed by atoms with Gasteiger partial charge < -0.3 is 20.3 Å². The topological polar surface area (TPSA) is 91.6 Å². The van der Waals surface area contributed by atoms with Crippen molar-refractivity contribution < 1.29 is 0 Å². The van der Waals surface area contributed by atoms with Crippen LogP contribution in [0, 0.1) is 0 Å². The summed E-state index contributed by atoms with van der Waals surface area (Å²) in [6, 6.07) is 52.4. The lowest BCUT2D eigenvalue weighted by Crippen LogP contribution is -2.11. The molecule has 0 saturated carbocycles. The third-order valence-corrected chi connectivity index (χ3v) is 15.2. The lowest BCUT2D eigenvalue weighted by molar-refractivity contribution is 0.842. The first kappa shape index (κ1) is 32.9. The predicted molar refractivity (Wildman–Crippen MR) is 258 cm³/mol. The summed E-state index contributed by atoms with van der Waals surface area (Å²) in [7, 11) is 0. The Balaban J connectivity index is 1.03. The number of nitrogens with two attached hydrogens (primary N) is 2. The van der Waals surface area contributed by atoms with Crippen LogP contribution >= 0.6 is 0 Å². The quantitative estimate of drug-likeness (QED) is 0.186. The minimum Gasteiger partial charge on any atom is -0.330 e. The van der Waals surface area contributed by atoms with Crippen LogP contribution in [0.25, 0.3) is 126 Å². The molecule has 0 aliphatic heterocycles. The second kappa shape index (κ2) is 11.2. The van der Waals surface area contributed by atoms with Crippen LogP contribution in [0.5, 0.6) is 0 Å². The molecule has 0 radical (unpaired) electrons. The van der Waals surface area contributed by atoms with Crippen molar-refractivity contribution in [3.63, 3.8) is 0 Å². The highest BCUT2D eigenvalue weighted by Crippen LogP contribution is 2.52. The number of nitrogens with zero attached hydrogens (tertiary/aromatic N) is 5. The first-order valence-electron chi connectivity index (χ1n) is 21.9. The summed E-state index contributed by atoms with van der Waals surface area (Å²) in [5.41, 5.74) is 33.0. The van der Waals surface area contributed by atoms with Crippen LogP contribution in [0.15, 0.2) is 152 Å². The van der Waals surface area contributed by atoms with E-state index in [-0.39, 0.29) is 11.8 Å². The van der Waals surface area contributed by atoms with E-state index in [0.29, 0.717) is 19.0 Å². The minimum atomic E-state index is 0.164. The fourth-order valence-corrected chi connectivity index (χ4v) is 12.7. The molecule has 7 heteroatoms. The number of para-hydroxylation sites is 2. The Morgan fingerprint density at radius 1 is 0.365 bits per heavy atom. The maximum absolute atomic E-state index is 6.54. The summed E-state index contributed by atoms with van der Waals surface area (Å²) in [5, 5.41) is 12.4. The fourth-order valence-electron chi connectivity index (χ4n) is 12.7. The van der Waals surface area contributed by atoms with Crippen LogP contribution in [0.2, 0.25) is 0 Å². The average molecular weight is 806 g/mol. The predicted octanol–water partition coefficient (Wildman–Crippen LogP) is 12.0. The van der Waals surface area contributed by atoms with E-state index < -0.39 is 0 Å². The highest BCUT2D eigenvalue weighted by molar-refractivity contribution is 6.29. The molecule has 6 aromatic heterocycles. The molecule has 2 atom stereocenters.